The van der Waals surface area contributed by atoms with Crippen molar-refractivity contribution in [3.05, 3.63) is 24.1 Å². The molecule has 2 amide bonds. The first-order valence-electron chi connectivity index (χ1n) is 8.48. The molecule has 6 heteroatoms. The van der Waals surface area contributed by atoms with Crippen LogP contribution >= 0.6 is 0 Å². The number of likely N-dealkylation sites (tertiary alicyclic amines) is 1. The second-order valence-electron chi connectivity index (χ2n) is 7.63. The number of benzene rings is 1. The largest absolute Gasteiger partial charge is 0.440 e. The van der Waals surface area contributed by atoms with E-state index in [2.05, 4.69) is 48.3 Å². The lowest BCUT2D eigenvalue weighted by atomic mass is 9.97. The minimum atomic E-state index is -0.163. The lowest BCUT2D eigenvalue weighted by Crippen LogP contribution is -2.44. The molecule has 2 heterocycles. The number of urea groups is 1. The molecule has 0 bridgehead atoms. The van der Waals surface area contributed by atoms with E-state index in [-0.39, 0.29) is 17.5 Å². The number of nitrogens with zero attached hydrogens (tertiary/aromatic N) is 2. The van der Waals surface area contributed by atoms with E-state index >= 15 is 0 Å². The number of amides is 2. The standard InChI is InChI=1S/C18H26N4O2/c1-18(2,3)16-21-14-11-13(5-6-15(14)24-16)20-17(23)19-12-7-9-22(4)10-8-12/h5-6,11-12H,7-10H2,1-4H3,(H2,19,20,23). The monoisotopic (exact) mass is 330 g/mol. The number of anilines is 1. The predicted octanol–water partition coefficient (Wildman–Crippen LogP) is 3.34. The molecular formula is C18H26N4O2. The van der Waals surface area contributed by atoms with Gasteiger partial charge in [0.05, 0.1) is 0 Å². The van der Waals surface area contributed by atoms with E-state index in [4.69, 9.17) is 4.42 Å². The zero-order valence-corrected chi connectivity index (χ0v) is 14.8. The van der Waals surface area contributed by atoms with E-state index in [1.54, 1.807) is 0 Å². The van der Waals surface area contributed by atoms with Gasteiger partial charge in [0.15, 0.2) is 5.58 Å². The molecule has 2 N–H and O–H groups in total. The van der Waals surface area contributed by atoms with Gasteiger partial charge in [-0.3, -0.25) is 0 Å². The van der Waals surface area contributed by atoms with E-state index in [0.29, 0.717) is 5.89 Å². The Morgan fingerprint density at radius 2 is 2.00 bits per heavy atom. The van der Waals surface area contributed by atoms with Crippen molar-refractivity contribution in [1.82, 2.24) is 15.2 Å². The van der Waals surface area contributed by atoms with E-state index in [1.165, 1.54) is 0 Å². The Balaban J connectivity index is 1.65. The maximum absolute atomic E-state index is 12.2. The Labute approximate surface area is 142 Å². The maximum Gasteiger partial charge on any atom is 0.319 e. The van der Waals surface area contributed by atoms with Gasteiger partial charge in [0.1, 0.15) is 5.52 Å². The third-order valence-electron chi connectivity index (χ3n) is 4.34. The second kappa shape index (κ2) is 6.43. The van der Waals surface area contributed by atoms with Crippen molar-refractivity contribution < 1.29 is 9.21 Å². The third-order valence-corrected chi connectivity index (χ3v) is 4.34. The number of oxazole rings is 1. The molecule has 2 aromatic rings. The van der Waals surface area contributed by atoms with Gasteiger partial charge in [0.2, 0.25) is 5.89 Å². The topological polar surface area (TPSA) is 70.4 Å². The molecule has 0 atom stereocenters. The highest BCUT2D eigenvalue weighted by Crippen LogP contribution is 2.27. The molecule has 3 rings (SSSR count). The summed E-state index contributed by atoms with van der Waals surface area (Å²) in [5.41, 5.74) is 2.08. The van der Waals surface area contributed by atoms with Crippen molar-refractivity contribution in [2.75, 3.05) is 25.5 Å². The molecular weight excluding hydrogens is 304 g/mol. The molecule has 0 spiro atoms. The molecule has 6 nitrogen and oxygen atoms in total. The van der Waals surface area contributed by atoms with Crippen molar-refractivity contribution in [2.24, 2.45) is 0 Å². The van der Waals surface area contributed by atoms with Crippen molar-refractivity contribution in [1.29, 1.82) is 0 Å². The number of hydrogen-bond acceptors (Lipinski definition) is 4. The first kappa shape index (κ1) is 16.8. The molecule has 0 saturated carbocycles. The first-order chi connectivity index (χ1) is 11.3. The summed E-state index contributed by atoms with van der Waals surface area (Å²) in [6.45, 7) is 8.22. The summed E-state index contributed by atoms with van der Waals surface area (Å²) in [4.78, 5) is 19.0. The third kappa shape index (κ3) is 3.87. The van der Waals surface area contributed by atoms with E-state index in [9.17, 15) is 4.79 Å². The first-order valence-corrected chi connectivity index (χ1v) is 8.48. The summed E-state index contributed by atoms with van der Waals surface area (Å²) >= 11 is 0. The molecule has 1 aliphatic rings. The Morgan fingerprint density at radius 3 is 2.67 bits per heavy atom. The van der Waals surface area contributed by atoms with E-state index in [0.717, 1.165) is 42.7 Å². The number of nitrogens with one attached hydrogen (secondary N) is 2. The van der Waals surface area contributed by atoms with Gasteiger partial charge in [0.25, 0.3) is 0 Å². The normalized spacial score (nSPS) is 17.2. The zero-order valence-electron chi connectivity index (χ0n) is 14.8. The van der Waals surface area contributed by atoms with Crippen LogP contribution in [0.15, 0.2) is 22.6 Å². The summed E-state index contributed by atoms with van der Waals surface area (Å²) in [5, 5.41) is 5.94. The van der Waals surface area contributed by atoms with Gasteiger partial charge in [-0.05, 0) is 51.2 Å². The fraction of sp³-hybridized carbons (Fsp3) is 0.556. The van der Waals surface area contributed by atoms with Crippen LogP contribution in [-0.2, 0) is 5.41 Å². The van der Waals surface area contributed by atoms with Gasteiger partial charge < -0.3 is 20.0 Å². The van der Waals surface area contributed by atoms with Crippen molar-refractivity contribution in [2.45, 2.75) is 45.1 Å². The highest BCUT2D eigenvalue weighted by molar-refractivity contribution is 5.91. The molecule has 1 aliphatic heterocycles. The van der Waals surface area contributed by atoms with Crippen LogP contribution in [0.5, 0.6) is 0 Å². The summed E-state index contributed by atoms with van der Waals surface area (Å²) < 4.78 is 5.78. The van der Waals surface area contributed by atoms with Crippen LogP contribution in [0.4, 0.5) is 10.5 Å². The number of carbonyl (C=O) groups is 1. The van der Waals surface area contributed by atoms with Gasteiger partial charge >= 0.3 is 6.03 Å². The summed E-state index contributed by atoms with van der Waals surface area (Å²) in [7, 11) is 2.11. The number of aromatic nitrogens is 1. The van der Waals surface area contributed by atoms with Crippen LogP contribution in [0.25, 0.3) is 11.1 Å². The average Bonchev–Trinajstić information content (AvgIpc) is 2.93. The number of hydrogen-bond donors (Lipinski definition) is 2. The minimum Gasteiger partial charge on any atom is -0.440 e. The summed E-state index contributed by atoms with van der Waals surface area (Å²) in [5.74, 6) is 0.699. The molecule has 0 radical (unpaired) electrons. The molecule has 24 heavy (non-hydrogen) atoms. The van der Waals surface area contributed by atoms with Crippen LogP contribution < -0.4 is 10.6 Å². The second-order valence-corrected chi connectivity index (χ2v) is 7.63. The summed E-state index contributed by atoms with van der Waals surface area (Å²) in [6, 6.07) is 5.62. The van der Waals surface area contributed by atoms with Crippen LogP contribution in [-0.4, -0.2) is 42.1 Å². The van der Waals surface area contributed by atoms with Crippen LogP contribution in [0.3, 0.4) is 0 Å². The van der Waals surface area contributed by atoms with Gasteiger partial charge in [-0.1, -0.05) is 20.8 Å². The predicted molar refractivity (Wildman–Crippen MR) is 95.4 cm³/mol. The number of fused-ring (bicyclic) bond motifs is 1. The number of piperidine rings is 1. The Kier molecular flexibility index (Phi) is 4.49. The zero-order chi connectivity index (χ0) is 17.3. The smallest absolute Gasteiger partial charge is 0.319 e. The molecule has 0 unspecified atom stereocenters. The number of carbonyl (C=O) groups excluding carboxylic acids is 1. The van der Waals surface area contributed by atoms with Gasteiger partial charge in [-0.25, -0.2) is 9.78 Å². The van der Waals surface area contributed by atoms with E-state index in [1.807, 2.05) is 18.2 Å². The summed E-state index contributed by atoms with van der Waals surface area (Å²) in [6.07, 6.45) is 1.97. The molecule has 130 valence electrons. The van der Waals surface area contributed by atoms with Crippen molar-refractivity contribution in [3.63, 3.8) is 0 Å². The fourth-order valence-electron chi connectivity index (χ4n) is 2.83. The Morgan fingerprint density at radius 1 is 1.29 bits per heavy atom. The highest BCUT2D eigenvalue weighted by Gasteiger charge is 2.21. The fourth-order valence-corrected chi connectivity index (χ4v) is 2.83. The molecule has 1 aromatic carbocycles. The number of rotatable bonds is 2. The minimum absolute atomic E-state index is 0.141. The van der Waals surface area contributed by atoms with E-state index < -0.39 is 0 Å². The molecule has 1 aromatic heterocycles. The Hall–Kier alpha value is -2.08. The quantitative estimate of drug-likeness (QED) is 0.886. The lowest BCUT2D eigenvalue weighted by molar-refractivity contribution is 0.221. The Bertz CT molecular complexity index is 724. The molecule has 1 fully saturated rings. The SMILES string of the molecule is CN1CCC(NC(=O)Nc2ccc3oc(C(C)(C)C)nc3c2)CC1. The van der Waals surface area contributed by atoms with Gasteiger partial charge in [0, 0.05) is 17.1 Å². The molecule has 1 saturated heterocycles. The van der Waals surface area contributed by atoms with Gasteiger partial charge in [-0.2, -0.15) is 0 Å². The van der Waals surface area contributed by atoms with Crippen LogP contribution in [0.1, 0.15) is 39.5 Å². The maximum atomic E-state index is 12.2. The molecule has 0 aliphatic carbocycles. The van der Waals surface area contributed by atoms with Crippen molar-refractivity contribution in [3.8, 4) is 0 Å². The van der Waals surface area contributed by atoms with Crippen LogP contribution in [0, 0.1) is 0 Å². The lowest BCUT2D eigenvalue weighted by Gasteiger charge is -2.29. The van der Waals surface area contributed by atoms with Crippen molar-refractivity contribution >= 4 is 22.8 Å². The van der Waals surface area contributed by atoms with Crippen LogP contribution in [0.2, 0.25) is 0 Å². The highest BCUT2D eigenvalue weighted by atomic mass is 16.3. The average molecular weight is 330 g/mol. The van der Waals surface area contributed by atoms with Gasteiger partial charge in [-0.15, -0.1) is 0 Å².